The lowest BCUT2D eigenvalue weighted by Gasteiger charge is -2.13. The number of carbonyl (C=O) groups is 2. The number of methoxy groups -OCH3 is 1. The number of nitrogens with one attached hydrogen (secondary N) is 1. The van der Waals surface area contributed by atoms with Gasteiger partial charge in [0.15, 0.2) is 16.6 Å². The zero-order chi connectivity index (χ0) is 20.0. The van der Waals surface area contributed by atoms with E-state index >= 15 is 0 Å². The molecule has 1 aliphatic heterocycles. The van der Waals surface area contributed by atoms with Gasteiger partial charge in [0.2, 0.25) is 0 Å². The van der Waals surface area contributed by atoms with Crippen LogP contribution in [0.4, 0.5) is 0 Å². The molecule has 0 aromatic heterocycles. The number of hydrogen-bond acceptors (Lipinski definition) is 6. The molecule has 1 heterocycles. The molecule has 27 heavy (non-hydrogen) atoms. The maximum Gasteiger partial charge on any atom is 0.325 e. The minimum Gasteiger partial charge on any atom is -0.490 e. The van der Waals surface area contributed by atoms with E-state index in [0.29, 0.717) is 28.7 Å². The molecule has 144 valence electrons. The summed E-state index contributed by atoms with van der Waals surface area (Å²) >= 11 is 11.4. The molecule has 0 aliphatic carbocycles. The number of carbonyl (C=O) groups excluding carboxylic acids is 2. The topological polar surface area (TPSA) is 77.1 Å². The Kier molecular flexibility index (Phi) is 7.20. The number of benzene rings is 1. The highest BCUT2D eigenvalue weighted by atomic mass is 35.5. The van der Waals surface area contributed by atoms with Gasteiger partial charge in [-0.2, -0.15) is 0 Å². The van der Waals surface area contributed by atoms with Crippen molar-refractivity contribution in [1.29, 1.82) is 0 Å². The van der Waals surface area contributed by atoms with Gasteiger partial charge in [-0.05, 0) is 42.9 Å². The van der Waals surface area contributed by atoms with Crippen LogP contribution < -0.4 is 14.8 Å². The summed E-state index contributed by atoms with van der Waals surface area (Å²) in [6.45, 7) is 5.86. The Balaban J connectivity index is 2.32. The molecule has 0 atom stereocenters. The van der Waals surface area contributed by atoms with Crippen molar-refractivity contribution in [2.75, 3.05) is 26.9 Å². The molecule has 0 radical (unpaired) electrons. The second kappa shape index (κ2) is 9.38. The van der Waals surface area contributed by atoms with Gasteiger partial charge in [0.1, 0.15) is 18.8 Å². The average Bonchev–Trinajstić information content (AvgIpc) is 2.88. The first kappa shape index (κ1) is 20.7. The van der Waals surface area contributed by atoms with Gasteiger partial charge < -0.3 is 19.5 Å². The van der Waals surface area contributed by atoms with Crippen molar-refractivity contribution in [3.05, 3.63) is 41.1 Å². The Bertz CT molecular complexity index is 809. The Morgan fingerprint density at radius 3 is 2.78 bits per heavy atom. The van der Waals surface area contributed by atoms with Crippen LogP contribution >= 0.6 is 23.8 Å². The average molecular weight is 411 g/mol. The van der Waals surface area contributed by atoms with E-state index in [2.05, 4.69) is 16.6 Å². The molecule has 1 aromatic rings. The molecule has 1 saturated heterocycles. The van der Waals surface area contributed by atoms with E-state index in [1.54, 1.807) is 24.3 Å². The Labute approximate surface area is 167 Å². The van der Waals surface area contributed by atoms with Crippen LogP contribution in [0.15, 0.2) is 30.5 Å². The third kappa shape index (κ3) is 4.99. The highest BCUT2D eigenvalue weighted by molar-refractivity contribution is 7.80. The van der Waals surface area contributed by atoms with Crippen LogP contribution in [0.1, 0.15) is 12.5 Å². The molecular formula is C18H19ClN2O5S. The first-order chi connectivity index (χ1) is 12.9. The summed E-state index contributed by atoms with van der Waals surface area (Å²) in [5.74, 6) is -0.169. The number of ether oxygens (including phenoxy) is 3. The third-order valence-corrected chi connectivity index (χ3v) is 4.07. The minimum absolute atomic E-state index is 0.124. The lowest BCUT2D eigenvalue weighted by atomic mass is 10.1. The van der Waals surface area contributed by atoms with Crippen LogP contribution in [0.2, 0.25) is 5.02 Å². The Morgan fingerprint density at radius 1 is 1.41 bits per heavy atom. The quantitative estimate of drug-likeness (QED) is 0.305. The molecule has 0 spiro atoms. The number of hydrogen-bond donors (Lipinski definition) is 1. The normalized spacial score (nSPS) is 14.9. The molecule has 0 saturated carbocycles. The van der Waals surface area contributed by atoms with Crippen molar-refractivity contribution < 1.29 is 23.8 Å². The largest absolute Gasteiger partial charge is 0.490 e. The van der Waals surface area contributed by atoms with E-state index in [-0.39, 0.29) is 24.0 Å². The van der Waals surface area contributed by atoms with Gasteiger partial charge in [-0.1, -0.05) is 24.3 Å². The number of nitrogens with zero attached hydrogens (tertiary/aromatic N) is 1. The van der Waals surface area contributed by atoms with Gasteiger partial charge >= 0.3 is 5.97 Å². The molecule has 9 heteroatoms. The first-order valence-electron chi connectivity index (χ1n) is 8.02. The molecule has 1 aliphatic rings. The van der Waals surface area contributed by atoms with E-state index in [9.17, 15) is 9.59 Å². The Hall–Kier alpha value is -2.58. The monoisotopic (exact) mass is 410 g/mol. The van der Waals surface area contributed by atoms with Gasteiger partial charge in [0.25, 0.3) is 5.91 Å². The van der Waals surface area contributed by atoms with Crippen molar-refractivity contribution in [3.63, 3.8) is 0 Å². The van der Waals surface area contributed by atoms with Crippen LogP contribution in [0.25, 0.3) is 6.08 Å². The molecule has 0 bridgehead atoms. The number of thiocarbonyl (C=S) groups is 1. The number of halogens is 1. The van der Waals surface area contributed by atoms with Gasteiger partial charge in [-0.25, -0.2) is 0 Å². The smallest absolute Gasteiger partial charge is 0.325 e. The molecule has 1 N–H and O–H groups in total. The fourth-order valence-electron chi connectivity index (χ4n) is 2.29. The lowest BCUT2D eigenvalue weighted by molar-refractivity contribution is -0.143. The van der Waals surface area contributed by atoms with E-state index < -0.39 is 11.9 Å². The summed E-state index contributed by atoms with van der Waals surface area (Å²) in [6, 6.07) is 3.33. The zero-order valence-corrected chi connectivity index (χ0v) is 16.5. The van der Waals surface area contributed by atoms with Gasteiger partial charge in [-0.3, -0.25) is 14.5 Å². The molecule has 7 nitrogen and oxygen atoms in total. The van der Waals surface area contributed by atoms with Crippen molar-refractivity contribution in [2.45, 2.75) is 6.92 Å². The molecule has 1 amide bonds. The van der Waals surface area contributed by atoms with E-state index in [1.165, 1.54) is 7.11 Å². The highest BCUT2D eigenvalue weighted by Gasteiger charge is 2.32. The second-order valence-electron chi connectivity index (χ2n) is 5.32. The Morgan fingerprint density at radius 2 is 2.15 bits per heavy atom. The minimum atomic E-state index is -0.570. The van der Waals surface area contributed by atoms with Crippen LogP contribution in [0.5, 0.6) is 11.5 Å². The number of amides is 1. The van der Waals surface area contributed by atoms with Gasteiger partial charge in [-0.15, -0.1) is 0 Å². The summed E-state index contributed by atoms with van der Waals surface area (Å²) in [4.78, 5) is 25.0. The SMILES string of the molecule is C=CCOc1c(Cl)cc(/C=C2\NC(=S)N(CC(=O)OC)C2=O)cc1OCC. The molecular weight excluding hydrogens is 392 g/mol. The predicted molar refractivity (Wildman–Crippen MR) is 106 cm³/mol. The maximum absolute atomic E-state index is 12.5. The van der Waals surface area contributed by atoms with E-state index in [1.807, 2.05) is 6.92 Å². The molecule has 2 rings (SSSR count). The number of rotatable bonds is 8. The first-order valence-corrected chi connectivity index (χ1v) is 8.81. The lowest BCUT2D eigenvalue weighted by Crippen LogP contribution is -2.35. The highest BCUT2D eigenvalue weighted by Crippen LogP contribution is 2.37. The van der Waals surface area contributed by atoms with Crippen LogP contribution in [0, 0.1) is 0 Å². The summed E-state index contributed by atoms with van der Waals surface area (Å²) in [5, 5.41) is 3.24. The van der Waals surface area contributed by atoms with Crippen LogP contribution in [-0.4, -0.2) is 48.8 Å². The molecule has 1 fully saturated rings. The summed E-state index contributed by atoms with van der Waals surface area (Å²) < 4.78 is 15.7. The maximum atomic E-state index is 12.5. The van der Waals surface area contributed by atoms with Gasteiger partial charge in [0.05, 0.1) is 18.7 Å². The third-order valence-electron chi connectivity index (χ3n) is 3.47. The summed E-state index contributed by atoms with van der Waals surface area (Å²) in [6.07, 6.45) is 3.16. The van der Waals surface area contributed by atoms with Crippen molar-refractivity contribution >= 4 is 46.9 Å². The standard InChI is InChI=1S/C18H19ClN2O5S/c1-4-6-26-16-12(19)7-11(9-14(16)25-5-2)8-13-17(23)21(18(27)20-13)10-15(22)24-3/h4,7-9H,1,5-6,10H2,2-3H3,(H,20,27)/b13-8-. The van der Waals surface area contributed by atoms with E-state index in [4.69, 9.17) is 33.3 Å². The van der Waals surface area contributed by atoms with E-state index in [0.717, 1.165) is 4.90 Å². The van der Waals surface area contributed by atoms with Crippen LogP contribution in [0.3, 0.4) is 0 Å². The van der Waals surface area contributed by atoms with Crippen molar-refractivity contribution in [1.82, 2.24) is 10.2 Å². The van der Waals surface area contributed by atoms with Gasteiger partial charge in [0, 0.05) is 0 Å². The molecule has 1 aromatic carbocycles. The van der Waals surface area contributed by atoms with Crippen LogP contribution in [-0.2, 0) is 14.3 Å². The second-order valence-corrected chi connectivity index (χ2v) is 6.11. The fourth-order valence-corrected chi connectivity index (χ4v) is 2.82. The summed E-state index contributed by atoms with van der Waals surface area (Å²) in [7, 11) is 1.24. The zero-order valence-electron chi connectivity index (χ0n) is 14.9. The fraction of sp³-hybridized carbons (Fsp3) is 0.278. The molecule has 0 unspecified atom stereocenters. The van der Waals surface area contributed by atoms with Crippen molar-refractivity contribution in [2.24, 2.45) is 0 Å². The summed E-state index contributed by atoms with van der Waals surface area (Å²) in [5.41, 5.74) is 0.815. The predicted octanol–water partition coefficient (Wildman–Crippen LogP) is 2.53. The van der Waals surface area contributed by atoms with Crippen molar-refractivity contribution in [3.8, 4) is 11.5 Å². The number of esters is 1.